The number of imidazole rings is 1. The Balaban J connectivity index is 2.20. The van der Waals surface area contributed by atoms with Gasteiger partial charge < -0.3 is 10.3 Å². The maximum Gasteiger partial charge on any atom is 0.220 e. The van der Waals surface area contributed by atoms with Crippen molar-refractivity contribution >= 4 is 16.9 Å². The highest BCUT2D eigenvalue weighted by Gasteiger charge is 2.14. The number of nitrogens with zero attached hydrogens (tertiary/aromatic N) is 1. The fourth-order valence-corrected chi connectivity index (χ4v) is 1.83. The molecule has 1 heterocycles. The summed E-state index contributed by atoms with van der Waals surface area (Å²) >= 11 is 0. The summed E-state index contributed by atoms with van der Waals surface area (Å²) in [6.45, 7) is 3.77. The monoisotopic (exact) mass is 249 g/mol. The number of aromatic nitrogens is 2. The van der Waals surface area contributed by atoms with Gasteiger partial charge in [0.05, 0.1) is 11.6 Å². The SMILES string of the molecule is CCCC(=O)NC(C)c1nc2cccc(F)c2[nH]1. The van der Waals surface area contributed by atoms with Crippen LogP contribution in [0, 0.1) is 5.82 Å². The lowest BCUT2D eigenvalue weighted by Gasteiger charge is -2.10. The highest BCUT2D eigenvalue weighted by Crippen LogP contribution is 2.18. The molecule has 5 heteroatoms. The summed E-state index contributed by atoms with van der Waals surface area (Å²) in [5.74, 6) is 0.212. The Kier molecular flexibility index (Phi) is 3.60. The van der Waals surface area contributed by atoms with Crippen LogP contribution >= 0.6 is 0 Å². The van der Waals surface area contributed by atoms with Gasteiger partial charge in [0.25, 0.3) is 0 Å². The lowest BCUT2D eigenvalue weighted by atomic mass is 10.2. The van der Waals surface area contributed by atoms with Gasteiger partial charge in [0.1, 0.15) is 17.2 Å². The number of carbonyl (C=O) groups is 1. The molecular formula is C13H16FN3O. The fourth-order valence-electron chi connectivity index (χ4n) is 1.83. The van der Waals surface area contributed by atoms with Crippen molar-refractivity contribution in [2.75, 3.05) is 0 Å². The number of carbonyl (C=O) groups excluding carboxylic acids is 1. The summed E-state index contributed by atoms with van der Waals surface area (Å²) in [6, 6.07) is 4.47. The van der Waals surface area contributed by atoms with E-state index in [1.54, 1.807) is 12.1 Å². The number of hydrogen-bond donors (Lipinski definition) is 2. The molecule has 0 aliphatic carbocycles. The zero-order valence-corrected chi connectivity index (χ0v) is 10.5. The Morgan fingerprint density at radius 3 is 3.00 bits per heavy atom. The quantitative estimate of drug-likeness (QED) is 0.875. The van der Waals surface area contributed by atoms with E-state index in [0.717, 1.165) is 6.42 Å². The lowest BCUT2D eigenvalue weighted by molar-refractivity contribution is -0.121. The molecule has 1 unspecified atom stereocenters. The minimum Gasteiger partial charge on any atom is -0.346 e. The standard InChI is InChI=1S/C13H16FN3O/c1-3-5-11(18)15-8(2)13-16-10-7-4-6-9(14)12(10)17-13/h4,6-8H,3,5H2,1-2H3,(H,15,18)(H,16,17). The normalized spacial score (nSPS) is 12.6. The third-order valence-electron chi connectivity index (χ3n) is 2.75. The van der Waals surface area contributed by atoms with Crippen LogP contribution in [-0.2, 0) is 4.79 Å². The van der Waals surface area contributed by atoms with Gasteiger partial charge in [0.15, 0.2) is 0 Å². The van der Waals surface area contributed by atoms with E-state index in [4.69, 9.17) is 0 Å². The number of nitrogens with one attached hydrogen (secondary N) is 2. The van der Waals surface area contributed by atoms with Gasteiger partial charge >= 0.3 is 0 Å². The Bertz CT molecular complexity index is 564. The van der Waals surface area contributed by atoms with Crippen molar-refractivity contribution in [1.29, 1.82) is 0 Å². The molecule has 2 rings (SSSR count). The first kappa shape index (κ1) is 12.5. The molecule has 2 aromatic rings. The molecular weight excluding hydrogens is 233 g/mol. The second kappa shape index (κ2) is 5.16. The Morgan fingerprint density at radius 1 is 1.56 bits per heavy atom. The molecule has 2 N–H and O–H groups in total. The largest absolute Gasteiger partial charge is 0.346 e. The van der Waals surface area contributed by atoms with Crippen LogP contribution in [0.4, 0.5) is 4.39 Å². The smallest absolute Gasteiger partial charge is 0.220 e. The Labute approximate surface area is 105 Å². The van der Waals surface area contributed by atoms with Gasteiger partial charge in [-0.3, -0.25) is 4.79 Å². The average Bonchev–Trinajstić information content (AvgIpc) is 2.74. The summed E-state index contributed by atoms with van der Waals surface area (Å²) in [4.78, 5) is 18.7. The number of halogens is 1. The van der Waals surface area contributed by atoms with Gasteiger partial charge in [-0.25, -0.2) is 9.37 Å². The summed E-state index contributed by atoms with van der Waals surface area (Å²) in [5.41, 5.74) is 0.950. The number of benzene rings is 1. The molecule has 0 spiro atoms. The maximum absolute atomic E-state index is 13.5. The predicted molar refractivity (Wildman–Crippen MR) is 67.5 cm³/mol. The van der Waals surface area contributed by atoms with Gasteiger partial charge in [-0.1, -0.05) is 13.0 Å². The van der Waals surface area contributed by atoms with Crippen molar-refractivity contribution in [1.82, 2.24) is 15.3 Å². The average molecular weight is 249 g/mol. The molecule has 0 aliphatic heterocycles. The first-order valence-electron chi connectivity index (χ1n) is 6.05. The van der Waals surface area contributed by atoms with E-state index in [-0.39, 0.29) is 17.8 Å². The highest BCUT2D eigenvalue weighted by molar-refractivity contribution is 5.77. The third-order valence-corrected chi connectivity index (χ3v) is 2.75. The van der Waals surface area contributed by atoms with Gasteiger partial charge in [-0.05, 0) is 25.5 Å². The Morgan fingerprint density at radius 2 is 2.33 bits per heavy atom. The zero-order valence-electron chi connectivity index (χ0n) is 10.5. The van der Waals surface area contributed by atoms with Gasteiger partial charge in [-0.15, -0.1) is 0 Å². The van der Waals surface area contributed by atoms with E-state index < -0.39 is 0 Å². The summed E-state index contributed by atoms with van der Waals surface area (Å²) in [6.07, 6.45) is 1.28. The number of amides is 1. The third kappa shape index (κ3) is 2.50. The predicted octanol–water partition coefficient (Wildman–Crippen LogP) is 2.68. The van der Waals surface area contributed by atoms with Crippen LogP contribution in [0.3, 0.4) is 0 Å². The molecule has 18 heavy (non-hydrogen) atoms. The molecule has 0 saturated carbocycles. The van der Waals surface area contributed by atoms with Crippen molar-refractivity contribution in [2.45, 2.75) is 32.7 Å². The van der Waals surface area contributed by atoms with Gasteiger partial charge in [0.2, 0.25) is 5.91 Å². The van der Waals surface area contributed by atoms with Crippen LogP contribution < -0.4 is 5.32 Å². The van der Waals surface area contributed by atoms with E-state index >= 15 is 0 Å². The van der Waals surface area contributed by atoms with Crippen molar-refractivity contribution in [3.8, 4) is 0 Å². The van der Waals surface area contributed by atoms with Gasteiger partial charge in [0, 0.05) is 6.42 Å². The molecule has 96 valence electrons. The minimum absolute atomic E-state index is 0.0223. The van der Waals surface area contributed by atoms with Crippen molar-refractivity contribution in [3.05, 3.63) is 29.8 Å². The van der Waals surface area contributed by atoms with E-state index in [1.165, 1.54) is 6.07 Å². The summed E-state index contributed by atoms with van der Waals surface area (Å²) in [7, 11) is 0. The van der Waals surface area contributed by atoms with Crippen LogP contribution in [0.25, 0.3) is 11.0 Å². The number of fused-ring (bicyclic) bond motifs is 1. The van der Waals surface area contributed by atoms with E-state index in [1.807, 2.05) is 13.8 Å². The molecule has 0 radical (unpaired) electrons. The molecule has 0 saturated heterocycles. The molecule has 1 aromatic carbocycles. The van der Waals surface area contributed by atoms with Gasteiger partial charge in [-0.2, -0.15) is 0 Å². The van der Waals surface area contributed by atoms with E-state index in [0.29, 0.717) is 23.3 Å². The van der Waals surface area contributed by atoms with Crippen LogP contribution in [0.1, 0.15) is 38.6 Å². The van der Waals surface area contributed by atoms with E-state index in [9.17, 15) is 9.18 Å². The second-order valence-electron chi connectivity index (χ2n) is 4.30. The number of aromatic amines is 1. The topological polar surface area (TPSA) is 57.8 Å². The number of rotatable bonds is 4. The number of hydrogen-bond acceptors (Lipinski definition) is 2. The van der Waals surface area contributed by atoms with Crippen molar-refractivity contribution in [3.63, 3.8) is 0 Å². The molecule has 1 amide bonds. The molecule has 1 aromatic heterocycles. The number of para-hydroxylation sites is 1. The molecule has 4 nitrogen and oxygen atoms in total. The first-order chi connectivity index (χ1) is 8.61. The van der Waals surface area contributed by atoms with Crippen LogP contribution in [0.5, 0.6) is 0 Å². The second-order valence-corrected chi connectivity index (χ2v) is 4.30. The van der Waals surface area contributed by atoms with E-state index in [2.05, 4.69) is 15.3 Å². The van der Waals surface area contributed by atoms with Crippen LogP contribution in [0.2, 0.25) is 0 Å². The molecule has 1 atom stereocenters. The molecule has 0 fully saturated rings. The Hall–Kier alpha value is -1.91. The zero-order chi connectivity index (χ0) is 13.1. The molecule has 0 aliphatic rings. The van der Waals surface area contributed by atoms with Crippen LogP contribution in [-0.4, -0.2) is 15.9 Å². The van der Waals surface area contributed by atoms with Crippen molar-refractivity contribution < 1.29 is 9.18 Å². The first-order valence-corrected chi connectivity index (χ1v) is 6.05. The highest BCUT2D eigenvalue weighted by atomic mass is 19.1. The van der Waals surface area contributed by atoms with Crippen LogP contribution in [0.15, 0.2) is 18.2 Å². The minimum atomic E-state index is -0.335. The summed E-state index contributed by atoms with van der Waals surface area (Å²) < 4.78 is 13.5. The fraction of sp³-hybridized carbons (Fsp3) is 0.385. The van der Waals surface area contributed by atoms with Crippen molar-refractivity contribution in [2.24, 2.45) is 0 Å². The number of H-pyrrole nitrogens is 1. The lowest BCUT2D eigenvalue weighted by Crippen LogP contribution is -2.26. The molecule has 0 bridgehead atoms. The summed E-state index contributed by atoms with van der Waals surface area (Å²) in [5, 5.41) is 2.82. The maximum atomic E-state index is 13.5.